The first kappa shape index (κ1) is 21.4. The van der Waals surface area contributed by atoms with E-state index >= 15 is 0 Å². The van der Waals surface area contributed by atoms with Crippen molar-refractivity contribution >= 4 is 17.5 Å². The van der Waals surface area contributed by atoms with Crippen LogP contribution in [-0.2, 0) is 4.79 Å². The third-order valence-corrected chi connectivity index (χ3v) is 5.06. The van der Waals surface area contributed by atoms with Gasteiger partial charge in [0.15, 0.2) is 17.3 Å². The predicted molar refractivity (Wildman–Crippen MR) is 112 cm³/mol. The predicted octanol–water partition coefficient (Wildman–Crippen LogP) is 5.03. The zero-order chi connectivity index (χ0) is 21.8. The van der Waals surface area contributed by atoms with Crippen LogP contribution < -0.4 is 14.8 Å². The van der Waals surface area contributed by atoms with Gasteiger partial charge in [0.25, 0.3) is 0 Å². The Bertz CT molecular complexity index is 970. The highest BCUT2D eigenvalue weighted by Crippen LogP contribution is 2.37. The number of nitrogens with one attached hydrogen (secondary N) is 1. The lowest BCUT2D eigenvalue weighted by molar-refractivity contribution is -0.116. The summed E-state index contributed by atoms with van der Waals surface area (Å²) in [5.74, 6) is 0.719. The minimum Gasteiger partial charge on any atom is -0.493 e. The van der Waals surface area contributed by atoms with Gasteiger partial charge in [0.1, 0.15) is 5.82 Å². The number of amides is 2. The fourth-order valence-electron chi connectivity index (χ4n) is 3.46. The number of hydrogen-bond donors (Lipinski definition) is 1. The Morgan fingerprint density at radius 3 is 2.37 bits per heavy atom. The van der Waals surface area contributed by atoms with Crippen LogP contribution in [0.1, 0.15) is 43.4 Å². The molecule has 1 heterocycles. The average Bonchev–Trinajstić information content (AvgIpc) is 2.73. The van der Waals surface area contributed by atoms with Crippen molar-refractivity contribution < 1.29 is 23.5 Å². The molecule has 1 aliphatic heterocycles. The first-order valence-electron chi connectivity index (χ1n) is 9.65. The average molecular weight is 412 g/mol. The molecule has 2 aromatic rings. The number of anilines is 1. The number of halogens is 1. The smallest absolute Gasteiger partial charge is 0.326 e. The van der Waals surface area contributed by atoms with Gasteiger partial charge >= 0.3 is 6.03 Å². The summed E-state index contributed by atoms with van der Waals surface area (Å²) < 4.78 is 24.1. The second-order valence-electron chi connectivity index (χ2n) is 7.34. The van der Waals surface area contributed by atoms with Crippen molar-refractivity contribution in [1.82, 2.24) is 4.90 Å². The van der Waals surface area contributed by atoms with Crippen molar-refractivity contribution in [3.05, 3.63) is 65.6 Å². The molecule has 0 saturated carbocycles. The topological polar surface area (TPSA) is 67.9 Å². The lowest BCUT2D eigenvalue weighted by Gasteiger charge is -2.32. The Morgan fingerprint density at radius 1 is 1.13 bits per heavy atom. The highest BCUT2D eigenvalue weighted by Gasteiger charge is 2.29. The van der Waals surface area contributed by atoms with Gasteiger partial charge in [-0.3, -0.25) is 9.69 Å². The molecule has 0 spiro atoms. The fraction of sp³-hybridized carbons (Fsp3) is 0.304. The molecule has 0 aliphatic carbocycles. The molecule has 158 valence electrons. The van der Waals surface area contributed by atoms with Gasteiger partial charge < -0.3 is 14.8 Å². The van der Waals surface area contributed by atoms with Crippen molar-refractivity contribution in [3.8, 4) is 11.5 Å². The molecule has 1 N–H and O–H groups in total. The van der Waals surface area contributed by atoms with E-state index in [0.29, 0.717) is 22.7 Å². The summed E-state index contributed by atoms with van der Waals surface area (Å²) in [7, 11) is 3.09. The molecule has 0 saturated heterocycles. The van der Waals surface area contributed by atoms with E-state index in [1.165, 1.54) is 36.4 Å². The Kier molecular flexibility index (Phi) is 6.40. The summed E-state index contributed by atoms with van der Waals surface area (Å²) in [5, 5.41) is 2.93. The molecule has 0 fully saturated rings. The molecule has 0 aromatic heterocycles. The summed E-state index contributed by atoms with van der Waals surface area (Å²) in [4.78, 5) is 26.6. The van der Waals surface area contributed by atoms with Crippen molar-refractivity contribution in [3.63, 3.8) is 0 Å². The molecule has 1 aliphatic rings. The minimum absolute atomic E-state index is 0.0950. The van der Waals surface area contributed by atoms with Gasteiger partial charge in [0, 0.05) is 24.4 Å². The number of carbonyl (C=O) groups is 2. The number of hydrogen-bond acceptors (Lipinski definition) is 4. The monoisotopic (exact) mass is 412 g/mol. The Balaban J connectivity index is 1.94. The minimum atomic E-state index is -0.522. The second kappa shape index (κ2) is 8.98. The molecule has 0 bridgehead atoms. The molecule has 1 atom stereocenters. The molecular weight excluding hydrogens is 387 g/mol. The molecule has 2 aromatic carbocycles. The molecule has 30 heavy (non-hydrogen) atoms. The van der Waals surface area contributed by atoms with Crippen LogP contribution in [0.2, 0.25) is 0 Å². The number of benzene rings is 2. The lowest BCUT2D eigenvalue weighted by Crippen LogP contribution is -2.37. The van der Waals surface area contributed by atoms with Gasteiger partial charge in [-0.25, -0.2) is 9.18 Å². The molecule has 6 nitrogen and oxygen atoms in total. The Hall–Kier alpha value is -3.35. The summed E-state index contributed by atoms with van der Waals surface area (Å²) in [6.45, 7) is 4.02. The standard InChI is InChI=1S/C23H25FN2O4/c1-14(2)18-12-21(29-3)22(30-4)13-19(18)25-23(28)26-10-9-17(27)11-20(26)15-5-7-16(24)8-6-15/h5-10,12-14,20H,11H2,1-4H3,(H,25,28). The van der Waals surface area contributed by atoms with E-state index < -0.39 is 12.1 Å². The maximum atomic E-state index is 13.3. The number of allylic oxidation sites excluding steroid dienone is 1. The van der Waals surface area contributed by atoms with E-state index in [-0.39, 0.29) is 23.9 Å². The molecular formula is C23H25FN2O4. The van der Waals surface area contributed by atoms with Crippen LogP contribution in [-0.4, -0.2) is 30.9 Å². The fourth-order valence-corrected chi connectivity index (χ4v) is 3.46. The van der Waals surface area contributed by atoms with Crippen molar-refractivity contribution in [2.45, 2.75) is 32.2 Å². The summed E-state index contributed by atoms with van der Waals surface area (Å²) in [6.07, 6.45) is 2.96. The number of ether oxygens (including phenoxy) is 2. The first-order chi connectivity index (χ1) is 14.3. The van der Waals surface area contributed by atoms with Gasteiger partial charge in [-0.05, 0) is 41.3 Å². The van der Waals surface area contributed by atoms with E-state index in [2.05, 4.69) is 5.32 Å². The summed E-state index contributed by atoms with van der Waals surface area (Å²) in [6, 6.07) is 8.45. The van der Waals surface area contributed by atoms with Crippen LogP contribution in [0.4, 0.5) is 14.9 Å². The van der Waals surface area contributed by atoms with Gasteiger partial charge in [0.2, 0.25) is 0 Å². The normalized spacial score (nSPS) is 16.0. The Labute approximate surface area is 175 Å². The van der Waals surface area contributed by atoms with E-state index in [1.807, 2.05) is 19.9 Å². The highest BCUT2D eigenvalue weighted by atomic mass is 19.1. The van der Waals surface area contributed by atoms with Crippen molar-refractivity contribution in [2.24, 2.45) is 0 Å². The largest absolute Gasteiger partial charge is 0.493 e. The van der Waals surface area contributed by atoms with Crippen LogP contribution in [0, 0.1) is 5.82 Å². The number of nitrogens with zero attached hydrogens (tertiary/aromatic N) is 1. The first-order valence-corrected chi connectivity index (χ1v) is 9.65. The van der Waals surface area contributed by atoms with Crippen LogP contribution in [0.3, 0.4) is 0 Å². The van der Waals surface area contributed by atoms with Gasteiger partial charge in [0.05, 0.1) is 20.3 Å². The summed E-state index contributed by atoms with van der Waals surface area (Å²) in [5.41, 5.74) is 2.16. The van der Waals surface area contributed by atoms with E-state index in [4.69, 9.17) is 9.47 Å². The van der Waals surface area contributed by atoms with Crippen LogP contribution in [0.5, 0.6) is 11.5 Å². The van der Waals surface area contributed by atoms with Crippen molar-refractivity contribution in [2.75, 3.05) is 19.5 Å². The molecule has 2 amide bonds. The number of ketones is 1. The van der Waals surface area contributed by atoms with Crippen molar-refractivity contribution in [1.29, 1.82) is 0 Å². The van der Waals surface area contributed by atoms with Crippen LogP contribution >= 0.6 is 0 Å². The number of methoxy groups -OCH3 is 2. The van der Waals surface area contributed by atoms with Gasteiger partial charge in [-0.15, -0.1) is 0 Å². The van der Waals surface area contributed by atoms with Gasteiger partial charge in [-0.1, -0.05) is 26.0 Å². The lowest BCUT2D eigenvalue weighted by atomic mass is 9.97. The molecule has 7 heteroatoms. The van der Waals surface area contributed by atoms with Crippen LogP contribution in [0.25, 0.3) is 0 Å². The third kappa shape index (κ3) is 4.45. The summed E-state index contributed by atoms with van der Waals surface area (Å²) >= 11 is 0. The number of carbonyl (C=O) groups excluding carboxylic acids is 2. The molecule has 1 unspecified atom stereocenters. The second-order valence-corrected chi connectivity index (χ2v) is 7.34. The van der Waals surface area contributed by atoms with E-state index in [0.717, 1.165) is 5.56 Å². The highest BCUT2D eigenvalue weighted by molar-refractivity contribution is 5.96. The third-order valence-electron chi connectivity index (χ3n) is 5.06. The molecule has 3 rings (SSSR count). The molecule has 0 radical (unpaired) electrons. The zero-order valence-electron chi connectivity index (χ0n) is 17.4. The van der Waals surface area contributed by atoms with E-state index in [9.17, 15) is 14.0 Å². The number of urea groups is 1. The zero-order valence-corrected chi connectivity index (χ0v) is 17.4. The quantitative estimate of drug-likeness (QED) is 0.748. The maximum Gasteiger partial charge on any atom is 0.326 e. The SMILES string of the molecule is COc1cc(NC(=O)N2C=CC(=O)CC2c2ccc(F)cc2)c(C(C)C)cc1OC. The Morgan fingerprint density at radius 2 is 1.77 bits per heavy atom. The maximum absolute atomic E-state index is 13.3. The number of rotatable bonds is 5. The van der Waals surface area contributed by atoms with Gasteiger partial charge in [-0.2, -0.15) is 0 Å². The van der Waals surface area contributed by atoms with Crippen LogP contribution in [0.15, 0.2) is 48.7 Å². The van der Waals surface area contributed by atoms with E-state index in [1.54, 1.807) is 25.3 Å².